The average Bonchev–Trinajstić information content (AvgIpc) is 3.33. The van der Waals surface area contributed by atoms with Crippen molar-refractivity contribution in [2.24, 2.45) is 47.3 Å². The molecule has 0 radical (unpaired) electrons. The summed E-state index contributed by atoms with van der Waals surface area (Å²) in [5.74, 6) is 3.00. The van der Waals surface area contributed by atoms with Crippen LogP contribution in [-0.2, 0) is 19.2 Å². The molecule has 1 aromatic rings. The fraction of sp³-hybridized carbons (Fsp3) is 0.667. The number of hydrogen-bond donors (Lipinski definition) is 12. The molecule has 18 nitrogen and oxygen atoms in total. The van der Waals surface area contributed by atoms with E-state index in [1.54, 1.807) is 12.2 Å². The first-order chi connectivity index (χ1) is 37.4. The van der Waals surface area contributed by atoms with E-state index in [0.29, 0.717) is 91.0 Å². The normalized spacial score (nSPS) is 14.2. The first-order valence-corrected chi connectivity index (χ1v) is 29.7. The van der Waals surface area contributed by atoms with E-state index in [4.69, 9.17) is 24.4 Å². The van der Waals surface area contributed by atoms with Crippen LogP contribution < -0.4 is 63.8 Å². The lowest BCUT2D eigenvalue weighted by Crippen LogP contribution is -2.52. The van der Waals surface area contributed by atoms with Crippen LogP contribution in [0, 0.1) is 47.3 Å². The zero-order valence-electron chi connectivity index (χ0n) is 52.7. The molecule has 8 amide bonds. The zero-order chi connectivity index (χ0) is 61.9. The van der Waals surface area contributed by atoms with E-state index in [2.05, 4.69) is 133 Å². The fourth-order valence-electron chi connectivity index (χ4n) is 5.99. The van der Waals surface area contributed by atoms with Gasteiger partial charge in [-0.15, -0.1) is 0 Å². The Balaban J connectivity index is -0.00000127. The molecule has 0 saturated heterocycles. The maximum absolute atomic E-state index is 12.6. The summed E-state index contributed by atoms with van der Waals surface area (Å²) >= 11 is 10.7. The largest absolute Gasteiger partial charge is 0.354 e. The van der Waals surface area contributed by atoms with E-state index in [1.807, 2.05) is 112 Å². The molecular weight excluding hydrogens is 1050 g/mol. The van der Waals surface area contributed by atoms with E-state index in [1.165, 1.54) is 0 Å². The van der Waals surface area contributed by atoms with E-state index < -0.39 is 30.2 Å². The molecule has 20 heteroatoms. The number of nitrogens with one attached hydrogen (secondary N) is 12. The summed E-state index contributed by atoms with van der Waals surface area (Å²) in [6.07, 6.45) is 10.7. The number of amides is 8. The zero-order valence-corrected chi connectivity index (χ0v) is 54.3. The molecule has 0 heterocycles. The predicted octanol–water partition coefficient (Wildman–Crippen LogP) is 9.88. The van der Waals surface area contributed by atoms with E-state index in [-0.39, 0.29) is 42.6 Å². The maximum atomic E-state index is 12.6. The second-order valence-corrected chi connectivity index (χ2v) is 23.9. The molecule has 1 aliphatic carbocycles. The Kier molecular flexibility index (Phi) is 46.0. The van der Waals surface area contributed by atoms with E-state index in [0.717, 1.165) is 23.2 Å². The number of hydrogen-bond acceptors (Lipinski definition) is 8. The standard InChI is InChI=1S/C26H44N6O4.C24H40N6O2S2.2C4H10.C2H6/c1-17(2)13-22(24(34)28-15-19(5)6)32-26(36)31-21-10-8-7-9-20(11-12-21)30-25(35)29-16-23(33)27-14-18(3)4;1-15(2)10-20(22(32)26-13-17(5)6)30-24(34)29-19-9-7-8-18(11-19)28-23(33)27-14-21(31)25-12-16(3)4;2*1-4(2)3;1-2/h8-12,17-19,21-22H,7,13-16H2,1-6H3,(H,27,33)(H,28,34)(H2,29,30,35)(H2,31,32,36);7-9,11,15-17,20H,10,12-14H2,1-6H3,(H,25,31)(H,26,32)(H2,27,28,33)(H2,29,30,34);2*4H,1-3H3;1-2H3/b10-8-,12-11?,20-9+;;;;. The van der Waals surface area contributed by atoms with Crippen LogP contribution in [0.5, 0.6) is 0 Å². The molecule has 3 atom stereocenters. The number of anilines is 2. The van der Waals surface area contributed by atoms with Crippen LogP contribution in [0.2, 0.25) is 0 Å². The molecule has 12 N–H and O–H groups in total. The van der Waals surface area contributed by atoms with Crippen molar-refractivity contribution in [2.75, 3.05) is 49.9 Å². The Morgan fingerprint density at radius 2 is 0.912 bits per heavy atom. The molecule has 0 spiro atoms. The molecule has 3 unspecified atom stereocenters. The molecule has 0 bridgehead atoms. The molecule has 80 heavy (non-hydrogen) atoms. The number of allylic oxidation sites excluding steroid dienone is 3. The Morgan fingerprint density at radius 1 is 0.500 bits per heavy atom. The third kappa shape index (κ3) is 49.3. The van der Waals surface area contributed by atoms with Crippen LogP contribution in [0.3, 0.4) is 0 Å². The molecule has 0 saturated carbocycles. The first kappa shape index (κ1) is 78.5. The Bertz CT molecular complexity index is 2030. The van der Waals surface area contributed by atoms with Crippen LogP contribution in [0.4, 0.5) is 21.0 Å². The second-order valence-electron chi connectivity index (χ2n) is 23.1. The van der Waals surface area contributed by atoms with Gasteiger partial charge in [0.05, 0.1) is 19.1 Å². The number of benzene rings is 1. The van der Waals surface area contributed by atoms with Gasteiger partial charge in [-0.05, 0) is 115 Å². The summed E-state index contributed by atoms with van der Waals surface area (Å²) in [6.45, 7) is 43.6. The SMILES string of the molecule is CC.CC(C)C.CC(C)C.CC(C)CNC(=O)CNC(=O)N/C1=C/C/C=C\C(NC(=O)NC(CC(C)C)C(=O)NCC(C)C)C=C1.CC(C)CNC(=O)CNC(=S)Nc1cccc(NC(=S)NC(CC(C)C)C(=O)NCC(C)C)c1. The molecule has 458 valence electrons. The summed E-state index contributed by atoms with van der Waals surface area (Å²) in [7, 11) is 0. The predicted molar refractivity (Wildman–Crippen MR) is 343 cm³/mol. The van der Waals surface area contributed by atoms with Crippen LogP contribution in [0.1, 0.15) is 158 Å². The highest BCUT2D eigenvalue weighted by molar-refractivity contribution is 7.80. The van der Waals surface area contributed by atoms with Gasteiger partial charge in [0.1, 0.15) is 12.1 Å². The monoisotopic (exact) mass is 1160 g/mol. The summed E-state index contributed by atoms with van der Waals surface area (Å²) in [6, 6.07) is 4.98. The van der Waals surface area contributed by atoms with Gasteiger partial charge in [0.2, 0.25) is 23.6 Å². The van der Waals surface area contributed by atoms with Gasteiger partial charge in [0.25, 0.3) is 0 Å². The van der Waals surface area contributed by atoms with Gasteiger partial charge in [-0.3, -0.25) is 19.2 Å². The smallest absolute Gasteiger partial charge is 0.319 e. The number of thiocarbonyl (C=S) groups is 2. The average molecular weight is 1160 g/mol. The summed E-state index contributed by atoms with van der Waals surface area (Å²) < 4.78 is 0. The molecule has 1 aliphatic rings. The van der Waals surface area contributed by atoms with Crippen molar-refractivity contribution in [3.63, 3.8) is 0 Å². The molecule has 0 aliphatic heterocycles. The van der Waals surface area contributed by atoms with Crippen molar-refractivity contribution in [1.29, 1.82) is 0 Å². The fourth-order valence-corrected chi connectivity index (χ4v) is 6.44. The lowest BCUT2D eigenvalue weighted by atomic mass is 10.0. The molecule has 0 fully saturated rings. The van der Waals surface area contributed by atoms with Gasteiger partial charge in [-0.25, -0.2) is 9.59 Å². The molecular formula is C60H110N12O6S2. The highest BCUT2D eigenvalue weighted by Gasteiger charge is 2.23. The lowest BCUT2D eigenvalue weighted by Gasteiger charge is -2.22. The minimum absolute atomic E-state index is 0.0594. The Hall–Kier alpha value is -5.76. The van der Waals surface area contributed by atoms with Gasteiger partial charge in [-0.1, -0.05) is 169 Å². The van der Waals surface area contributed by atoms with Gasteiger partial charge in [-0.2, -0.15) is 0 Å². The second kappa shape index (κ2) is 46.9. The summed E-state index contributed by atoms with van der Waals surface area (Å²) in [5.41, 5.74) is 2.02. The Labute approximate surface area is 494 Å². The summed E-state index contributed by atoms with van der Waals surface area (Å²) in [5, 5.41) is 35.2. The van der Waals surface area contributed by atoms with E-state index >= 15 is 0 Å². The molecule has 0 aromatic heterocycles. The highest BCUT2D eigenvalue weighted by Crippen LogP contribution is 2.16. The quantitative estimate of drug-likeness (QED) is 0.0342. The van der Waals surface area contributed by atoms with Gasteiger partial charge in [0.15, 0.2) is 10.2 Å². The lowest BCUT2D eigenvalue weighted by molar-refractivity contribution is -0.124. The van der Waals surface area contributed by atoms with Crippen molar-refractivity contribution in [1.82, 2.24) is 53.2 Å². The van der Waals surface area contributed by atoms with Crippen LogP contribution >= 0.6 is 24.4 Å². The third-order valence-corrected chi connectivity index (χ3v) is 9.96. The van der Waals surface area contributed by atoms with E-state index in [9.17, 15) is 28.8 Å². The van der Waals surface area contributed by atoms with Crippen molar-refractivity contribution in [3.05, 3.63) is 60.3 Å². The molecule has 2 rings (SSSR count). The summed E-state index contributed by atoms with van der Waals surface area (Å²) in [4.78, 5) is 73.6. The van der Waals surface area contributed by atoms with Crippen molar-refractivity contribution < 1.29 is 28.8 Å². The molecule has 1 aromatic carbocycles. The van der Waals surface area contributed by atoms with Crippen LogP contribution in [0.25, 0.3) is 0 Å². The minimum Gasteiger partial charge on any atom is -0.354 e. The van der Waals surface area contributed by atoms with Crippen molar-refractivity contribution in [2.45, 2.75) is 176 Å². The Morgan fingerprint density at radius 3 is 1.35 bits per heavy atom. The van der Waals surface area contributed by atoms with Gasteiger partial charge in [0, 0.05) is 43.3 Å². The van der Waals surface area contributed by atoms with Gasteiger partial charge < -0.3 is 63.8 Å². The number of urea groups is 2. The number of carbonyl (C=O) groups is 6. The topological polar surface area (TPSA) is 247 Å². The van der Waals surface area contributed by atoms with Crippen LogP contribution in [-0.4, -0.2) is 103 Å². The maximum Gasteiger partial charge on any atom is 0.319 e. The highest BCUT2D eigenvalue weighted by atomic mass is 32.1. The minimum atomic E-state index is -0.635. The van der Waals surface area contributed by atoms with Crippen molar-refractivity contribution in [3.8, 4) is 0 Å². The number of rotatable bonds is 24. The van der Waals surface area contributed by atoms with Gasteiger partial charge >= 0.3 is 12.1 Å². The third-order valence-electron chi connectivity index (χ3n) is 9.50. The first-order valence-electron chi connectivity index (χ1n) is 28.9. The number of carbonyl (C=O) groups excluding carboxylic acids is 6. The van der Waals surface area contributed by atoms with Crippen LogP contribution in [0.15, 0.2) is 60.3 Å². The van der Waals surface area contributed by atoms with Crippen molar-refractivity contribution >= 4 is 81.7 Å².